The van der Waals surface area contributed by atoms with Gasteiger partial charge in [-0.25, -0.2) is 9.38 Å². The van der Waals surface area contributed by atoms with Crippen LogP contribution in [0, 0.1) is 4.91 Å². The molecule has 10 nitrogen and oxygen atoms in total. The predicted molar refractivity (Wildman–Crippen MR) is 123 cm³/mol. The van der Waals surface area contributed by atoms with Crippen molar-refractivity contribution in [2.45, 2.75) is 64.0 Å². The van der Waals surface area contributed by atoms with Crippen LogP contribution < -0.4 is 10.6 Å². The lowest BCUT2D eigenvalue weighted by atomic mass is 9.99. The van der Waals surface area contributed by atoms with E-state index in [2.05, 4.69) is 20.8 Å². The molecule has 0 fully saturated rings. The molecule has 3 unspecified atom stereocenters. The fourth-order valence-corrected chi connectivity index (χ4v) is 3.99. The summed E-state index contributed by atoms with van der Waals surface area (Å²) in [6, 6.07) is -1.15. The van der Waals surface area contributed by atoms with E-state index in [4.69, 9.17) is 16.3 Å². The highest BCUT2D eigenvalue weighted by Gasteiger charge is 2.36. The molecule has 34 heavy (non-hydrogen) atoms. The van der Waals surface area contributed by atoms with Crippen LogP contribution in [0.15, 0.2) is 44.7 Å². The van der Waals surface area contributed by atoms with E-state index in [1.807, 2.05) is 19.9 Å². The van der Waals surface area contributed by atoms with E-state index in [0.717, 1.165) is 5.57 Å². The first-order valence-corrected chi connectivity index (χ1v) is 11.4. The fraction of sp³-hybridized carbons (Fsp3) is 0.545. The molecule has 2 N–H and O–H groups in total. The van der Waals surface area contributed by atoms with Crippen molar-refractivity contribution in [3.63, 3.8) is 0 Å². The van der Waals surface area contributed by atoms with Crippen molar-refractivity contribution < 1.29 is 23.5 Å². The molecule has 0 aromatic carbocycles. The van der Waals surface area contributed by atoms with Gasteiger partial charge in [-0.3, -0.25) is 19.3 Å². The molecule has 0 bridgehead atoms. The molecule has 0 aromatic rings. The average Bonchev–Trinajstić information content (AvgIpc) is 2.80. The average molecular weight is 496 g/mol. The Balaban J connectivity index is 1.79. The number of nitroso groups, excluding NO2 is 1. The Morgan fingerprint density at radius 1 is 1.32 bits per heavy atom. The molecule has 0 saturated heterocycles. The summed E-state index contributed by atoms with van der Waals surface area (Å²) < 4.78 is 20.2. The number of ether oxygens (including phenoxy) is 1. The minimum absolute atomic E-state index is 0.0956. The predicted octanol–water partition coefficient (Wildman–Crippen LogP) is 2.20. The van der Waals surface area contributed by atoms with Crippen LogP contribution in [0.1, 0.15) is 39.5 Å². The number of amides is 3. The van der Waals surface area contributed by atoms with Crippen LogP contribution in [-0.4, -0.2) is 66.1 Å². The number of hydrogen-bond acceptors (Lipinski definition) is 7. The van der Waals surface area contributed by atoms with E-state index in [1.54, 1.807) is 6.08 Å². The zero-order valence-electron chi connectivity index (χ0n) is 18.9. The topological polar surface area (TPSA) is 130 Å². The number of carbonyl (C=O) groups is 3. The summed E-state index contributed by atoms with van der Waals surface area (Å²) in [5.41, 5.74) is 1.47. The van der Waals surface area contributed by atoms with Gasteiger partial charge in [0.05, 0.1) is 25.3 Å². The lowest BCUT2D eigenvalue weighted by molar-refractivity contribution is -0.140. The van der Waals surface area contributed by atoms with E-state index in [1.165, 1.54) is 11.0 Å². The highest BCUT2D eigenvalue weighted by Crippen LogP contribution is 2.25. The van der Waals surface area contributed by atoms with Gasteiger partial charge in [-0.2, -0.15) is 0 Å². The summed E-state index contributed by atoms with van der Waals surface area (Å²) in [6.45, 7) is 3.69. The van der Waals surface area contributed by atoms with Crippen molar-refractivity contribution in [2.75, 3.05) is 13.1 Å². The minimum atomic E-state index is -1.53. The SMILES string of the molecule is CC(C)OC1CCC(NC2=NCC(NC(=O)C(=O)N=O)C(=O)N2CC2=CC=C(Cl)CC2)=CC1F. The van der Waals surface area contributed by atoms with Gasteiger partial charge in [0, 0.05) is 15.9 Å². The lowest BCUT2D eigenvalue weighted by Crippen LogP contribution is -2.59. The van der Waals surface area contributed by atoms with Gasteiger partial charge in [0.1, 0.15) is 12.2 Å². The second kappa shape index (κ2) is 11.5. The van der Waals surface area contributed by atoms with Crippen LogP contribution >= 0.6 is 11.6 Å². The highest BCUT2D eigenvalue weighted by atomic mass is 35.5. The van der Waals surface area contributed by atoms with Crippen LogP contribution in [0.2, 0.25) is 0 Å². The Bertz CT molecular complexity index is 977. The maximum absolute atomic E-state index is 14.6. The molecule has 3 atom stereocenters. The number of rotatable bonds is 6. The lowest BCUT2D eigenvalue weighted by Gasteiger charge is -2.35. The normalized spacial score (nSPS) is 25.1. The smallest absolute Gasteiger partial charge is 0.372 e. The largest absolute Gasteiger partial charge is 0.373 e. The first-order chi connectivity index (χ1) is 16.2. The monoisotopic (exact) mass is 495 g/mol. The molecule has 12 heteroatoms. The number of aliphatic imine (C=N–C) groups is 1. The van der Waals surface area contributed by atoms with Gasteiger partial charge in [-0.15, -0.1) is 4.91 Å². The molecular weight excluding hydrogens is 469 g/mol. The molecule has 2 aliphatic carbocycles. The molecule has 3 aliphatic rings. The summed E-state index contributed by atoms with van der Waals surface area (Å²) in [5, 5.41) is 8.02. The molecule has 184 valence electrons. The van der Waals surface area contributed by atoms with Crippen LogP contribution in [-0.2, 0) is 19.1 Å². The van der Waals surface area contributed by atoms with Gasteiger partial charge in [-0.1, -0.05) is 17.7 Å². The Morgan fingerprint density at radius 2 is 2.09 bits per heavy atom. The third-order valence-electron chi connectivity index (χ3n) is 5.51. The van der Waals surface area contributed by atoms with E-state index < -0.39 is 36.0 Å². The standard InChI is InChI=1S/C22H27ClFN5O5/c1-12(2)34-18-8-7-15(9-16(18)24)26-22-25-10-17(27-19(30)20(31)28-33)21(32)29(22)11-13-3-5-14(23)6-4-13/h3,5,9,12,16-18H,4,6-8,10-11H2,1-2H3,(H,25,26)(H,27,30). The van der Waals surface area contributed by atoms with Crippen LogP contribution in [0.25, 0.3) is 0 Å². The molecular formula is C22H27ClFN5O5. The summed E-state index contributed by atoms with van der Waals surface area (Å²) >= 11 is 6.02. The van der Waals surface area contributed by atoms with Gasteiger partial charge in [-0.05, 0) is 57.3 Å². The van der Waals surface area contributed by atoms with Crippen molar-refractivity contribution >= 4 is 35.3 Å². The maximum atomic E-state index is 14.6. The van der Waals surface area contributed by atoms with Crippen molar-refractivity contribution in [1.82, 2.24) is 15.5 Å². The fourth-order valence-electron chi connectivity index (χ4n) is 3.83. The van der Waals surface area contributed by atoms with Gasteiger partial charge in [0.15, 0.2) is 0 Å². The van der Waals surface area contributed by atoms with Crippen molar-refractivity contribution in [2.24, 2.45) is 10.2 Å². The third kappa shape index (κ3) is 6.57. The molecule has 0 spiro atoms. The van der Waals surface area contributed by atoms with Crippen LogP contribution in [0.5, 0.6) is 0 Å². The van der Waals surface area contributed by atoms with Crippen LogP contribution in [0.3, 0.4) is 0 Å². The Hall–Kier alpha value is -2.92. The van der Waals surface area contributed by atoms with E-state index >= 15 is 0 Å². The molecule has 1 aliphatic heterocycles. The number of allylic oxidation sites excluding steroid dienone is 4. The van der Waals surface area contributed by atoms with Gasteiger partial charge >= 0.3 is 11.8 Å². The maximum Gasteiger partial charge on any atom is 0.373 e. The van der Waals surface area contributed by atoms with Crippen molar-refractivity contribution in [3.8, 4) is 0 Å². The number of carbonyl (C=O) groups excluding carboxylic acids is 3. The first kappa shape index (κ1) is 25.7. The summed E-state index contributed by atoms with van der Waals surface area (Å²) in [7, 11) is 0. The third-order valence-corrected chi connectivity index (χ3v) is 5.82. The Kier molecular flexibility index (Phi) is 8.67. The van der Waals surface area contributed by atoms with Gasteiger partial charge in [0.2, 0.25) is 5.96 Å². The zero-order valence-corrected chi connectivity index (χ0v) is 19.7. The highest BCUT2D eigenvalue weighted by molar-refractivity contribution is 6.36. The number of alkyl halides is 1. The van der Waals surface area contributed by atoms with Gasteiger partial charge < -0.3 is 15.4 Å². The molecule has 3 rings (SSSR count). The van der Waals surface area contributed by atoms with Crippen LogP contribution in [0.4, 0.5) is 4.39 Å². The Labute approximate surface area is 201 Å². The second-order valence-electron chi connectivity index (χ2n) is 8.47. The van der Waals surface area contributed by atoms with Gasteiger partial charge in [0.25, 0.3) is 5.91 Å². The van der Waals surface area contributed by atoms with E-state index in [0.29, 0.717) is 36.4 Å². The summed E-state index contributed by atoms with van der Waals surface area (Å²) in [4.78, 5) is 52.2. The second-order valence-corrected chi connectivity index (χ2v) is 8.96. The Morgan fingerprint density at radius 3 is 2.71 bits per heavy atom. The number of nitrogens with zero attached hydrogens (tertiary/aromatic N) is 3. The minimum Gasteiger partial charge on any atom is -0.372 e. The number of nitrogens with one attached hydrogen (secondary N) is 2. The first-order valence-electron chi connectivity index (χ1n) is 11.0. The number of guanidine groups is 1. The molecule has 1 heterocycles. The number of halogens is 2. The summed E-state index contributed by atoms with van der Waals surface area (Å²) in [6.07, 6.45) is 5.25. The molecule has 0 radical (unpaired) electrons. The van der Waals surface area contributed by atoms with E-state index in [-0.39, 0.29) is 25.2 Å². The van der Waals surface area contributed by atoms with E-state index in [9.17, 15) is 23.7 Å². The molecule has 3 amide bonds. The molecule has 0 aromatic heterocycles. The zero-order chi connectivity index (χ0) is 24.8. The summed E-state index contributed by atoms with van der Waals surface area (Å²) in [5.74, 6) is -3.13. The quantitative estimate of drug-likeness (QED) is 0.429. The molecule has 0 saturated carbocycles. The number of hydrogen-bond donors (Lipinski definition) is 2. The van der Waals surface area contributed by atoms with Crippen molar-refractivity contribution in [3.05, 3.63) is 39.4 Å². The van der Waals surface area contributed by atoms with Crippen molar-refractivity contribution in [1.29, 1.82) is 0 Å².